The normalized spacial score (nSPS) is 14.9. The molecule has 0 unspecified atom stereocenters. The first-order chi connectivity index (χ1) is 15.3. The summed E-state index contributed by atoms with van der Waals surface area (Å²) in [6.07, 6.45) is 1.29. The van der Waals surface area contributed by atoms with E-state index in [1.165, 1.54) is 43.5 Å². The third-order valence-corrected chi connectivity index (χ3v) is 5.24. The molecule has 2 aromatic carbocycles. The summed E-state index contributed by atoms with van der Waals surface area (Å²) in [7, 11) is 1.27. The Morgan fingerprint density at radius 3 is 2.62 bits per heavy atom. The minimum Gasteiger partial charge on any atom is -0.493 e. The van der Waals surface area contributed by atoms with Crippen LogP contribution in [0.5, 0.6) is 11.5 Å². The van der Waals surface area contributed by atoms with Gasteiger partial charge < -0.3 is 14.8 Å². The van der Waals surface area contributed by atoms with Gasteiger partial charge in [0.2, 0.25) is 0 Å². The second-order valence-electron chi connectivity index (χ2n) is 6.35. The Balaban J connectivity index is 1.61. The van der Waals surface area contributed by atoms with Crippen LogP contribution in [0.2, 0.25) is 0 Å². The molecule has 32 heavy (non-hydrogen) atoms. The van der Waals surface area contributed by atoms with Crippen LogP contribution in [0.3, 0.4) is 0 Å². The van der Waals surface area contributed by atoms with E-state index >= 15 is 0 Å². The highest BCUT2D eigenvalue weighted by Gasteiger charge is 2.34. The van der Waals surface area contributed by atoms with Crippen molar-refractivity contribution in [2.75, 3.05) is 20.2 Å². The molecule has 168 valence electrons. The zero-order valence-electron chi connectivity index (χ0n) is 16.6. The number of halogens is 3. The summed E-state index contributed by atoms with van der Waals surface area (Å²) >= 11 is 0.670. The molecule has 1 aliphatic rings. The van der Waals surface area contributed by atoms with Gasteiger partial charge in [-0.3, -0.25) is 19.3 Å². The van der Waals surface area contributed by atoms with Crippen molar-refractivity contribution in [2.24, 2.45) is 0 Å². The first-order valence-electron chi connectivity index (χ1n) is 9.21. The number of rotatable bonds is 8. The SMILES string of the molecule is COc1ccc(C(=O)NCCN2C(=O)S/C(=C\c3ccccc3F)C2=O)cc1OC(F)F. The Morgan fingerprint density at radius 2 is 1.94 bits per heavy atom. The minimum absolute atomic E-state index is 0.0232. The Kier molecular flexibility index (Phi) is 7.41. The van der Waals surface area contributed by atoms with Crippen LogP contribution in [-0.2, 0) is 4.79 Å². The first-order valence-corrected chi connectivity index (χ1v) is 10.0. The van der Waals surface area contributed by atoms with Gasteiger partial charge in [0.05, 0.1) is 12.0 Å². The van der Waals surface area contributed by atoms with Crippen molar-refractivity contribution in [2.45, 2.75) is 6.61 Å². The average molecular weight is 466 g/mol. The van der Waals surface area contributed by atoms with Gasteiger partial charge in [0.25, 0.3) is 17.1 Å². The number of hydrogen-bond acceptors (Lipinski definition) is 6. The summed E-state index contributed by atoms with van der Waals surface area (Å²) in [5.74, 6) is -2.03. The third-order valence-electron chi connectivity index (χ3n) is 4.33. The Hall–Kier alpha value is -3.47. The number of ether oxygens (including phenoxy) is 2. The van der Waals surface area contributed by atoms with E-state index in [0.29, 0.717) is 11.8 Å². The van der Waals surface area contributed by atoms with Crippen LogP contribution >= 0.6 is 11.8 Å². The maximum absolute atomic E-state index is 13.8. The van der Waals surface area contributed by atoms with Crippen LogP contribution in [0.25, 0.3) is 6.08 Å². The van der Waals surface area contributed by atoms with Crippen LogP contribution < -0.4 is 14.8 Å². The van der Waals surface area contributed by atoms with E-state index in [4.69, 9.17) is 4.74 Å². The fourth-order valence-electron chi connectivity index (χ4n) is 2.82. The lowest BCUT2D eigenvalue weighted by atomic mass is 10.2. The fraction of sp³-hybridized carbons (Fsp3) is 0.190. The molecule has 11 heteroatoms. The molecular weight excluding hydrogens is 449 g/mol. The van der Waals surface area contributed by atoms with E-state index in [0.717, 1.165) is 11.0 Å². The molecule has 0 spiro atoms. The van der Waals surface area contributed by atoms with E-state index < -0.39 is 29.5 Å². The highest BCUT2D eigenvalue weighted by Crippen LogP contribution is 2.32. The van der Waals surface area contributed by atoms with Gasteiger partial charge >= 0.3 is 6.61 Å². The van der Waals surface area contributed by atoms with Crippen molar-refractivity contribution in [3.63, 3.8) is 0 Å². The van der Waals surface area contributed by atoms with Gasteiger partial charge in [-0.15, -0.1) is 0 Å². The van der Waals surface area contributed by atoms with Gasteiger partial charge in [-0.1, -0.05) is 18.2 Å². The average Bonchev–Trinajstić information content (AvgIpc) is 3.02. The van der Waals surface area contributed by atoms with Crippen LogP contribution in [0.1, 0.15) is 15.9 Å². The Bertz CT molecular complexity index is 1080. The molecule has 1 saturated heterocycles. The molecule has 2 aromatic rings. The zero-order chi connectivity index (χ0) is 23.3. The lowest BCUT2D eigenvalue weighted by Crippen LogP contribution is -2.37. The van der Waals surface area contributed by atoms with Crippen molar-refractivity contribution >= 4 is 34.9 Å². The largest absolute Gasteiger partial charge is 0.493 e. The van der Waals surface area contributed by atoms with E-state index in [-0.39, 0.29) is 40.6 Å². The van der Waals surface area contributed by atoms with Gasteiger partial charge in [-0.05, 0) is 42.1 Å². The fourth-order valence-corrected chi connectivity index (χ4v) is 3.67. The van der Waals surface area contributed by atoms with Crippen molar-refractivity contribution in [3.05, 3.63) is 64.3 Å². The van der Waals surface area contributed by atoms with Crippen molar-refractivity contribution < 1.29 is 37.0 Å². The quantitative estimate of drug-likeness (QED) is 0.594. The summed E-state index contributed by atoms with van der Waals surface area (Å²) in [5.41, 5.74) is 0.197. The van der Waals surface area contributed by atoms with Crippen molar-refractivity contribution in [1.29, 1.82) is 0 Å². The highest BCUT2D eigenvalue weighted by atomic mass is 32.2. The number of hydrogen-bond donors (Lipinski definition) is 1. The molecule has 1 heterocycles. The molecule has 1 fully saturated rings. The monoisotopic (exact) mass is 466 g/mol. The number of carbonyl (C=O) groups is 3. The molecular formula is C21H17F3N2O5S. The van der Waals surface area contributed by atoms with Gasteiger partial charge in [0.1, 0.15) is 5.82 Å². The molecule has 3 rings (SSSR count). The van der Waals surface area contributed by atoms with Crippen molar-refractivity contribution in [3.8, 4) is 11.5 Å². The van der Waals surface area contributed by atoms with Gasteiger partial charge in [-0.2, -0.15) is 8.78 Å². The number of alkyl halides is 2. The second kappa shape index (κ2) is 10.2. The number of benzene rings is 2. The highest BCUT2D eigenvalue weighted by molar-refractivity contribution is 8.18. The topological polar surface area (TPSA) is 84.9 Å². The summed E-state index contributed by atoms with van der Waals surface area (Å²) in [6.45, 7) is -3.30. The van der Waals surface area contributed by atoms with E-state index in [1.807, 2.05) is 0 Å². The number of nitrogens with zero attached hydrogens (tertiary/aromatic N) is 1. The van der Waals surface area contributed by atoms with E-state index in [2.05, 4.69) is 10.1 Å². The maximum atomic E-state index is 13.8. The molecule has 0 aliphatic carbocycles. The summed E-state index contributed by atoms with van der Waals surface area (Å²) in [5, 5.41) is 1.95. The predicted molar refractivity (Wildman–Crippen MR) is 111 cm³/mol. The maximum Gasteiger partial charge on any atom is 0.387 e. The van der Waals surface area contributed by atoms with E-state index in [1.54, 1.807) is 6.07 Å². The molecule has 0 radical (unpaired) electrons. The number of nitrogens with one attached hydrogen (secondary N) is 1. The Morgan fingerprint density at radius 1 is 1.19 bits per heavy atom. The number of imide groups is 1. The Labute approximate surface area is 185 Å². The number of thioether (sulfide) groups is 1. The smallest absolute Gasteiger partial charge is 0.387 e. The molecule has 7 nitrogen and oxygen atoms in total. The molecule has 0 bridgehead atoms. The summed E-state index contributed by atoms with van der Waals surface area (Å²) in [6, 6.07) is 9.57. The predicted octanol–water partition coefficient (Wildman–Crippen LogP) is 3.90. The second-order valence-corrected chi connectivity index (χ2v) is 7.35. The lowest BCUT2D eigenvalue weighted by molar-refractivity contribution is -0.122. The molecule has 1 aliphatic heterocycles. The number of amides is 3. The molecule has 1 N–H and O–H groups in total. The van der Waals surface area contributed by atoms with Crippen LogP contribution in [0, 0.1) is 5.82 Å². The zero-order valence-corrected chi connectivity index (χ0v) is 17.5. The van der Waals surface area contributed by atoms with Gasteiger partial charge in [0.15, 0.2) is 11.5 Å². The molecule has 0 aromatic heterocycles. The van der Waals surface area contributed by atoms with Crippen LogP contribution in [-0.4, -0.2) is 48.8 Å². The minimum atomic E-state index is -3.10. The molecule has 0 atom stereocenters. The third kappa shape index (κ3) is 5.41. The number of carbonyl (C=O) groups excluding carboxylic acids is 3. The first kappa shape index (κ1) is 23.2. The van der Waals surface area contributed by atoms with Gasteiger partial charge in [0, 0.05) is 24.2 Å². The molecule has 3 amide bonds. The standard InChI is InChI=1S/C21H17F3N2O5S/c1-30-15-7-6-13(10-16(15)31-20(23)24)18(27)25-8-9-26-19(28)17(32-21(26)29)11-12-4-2-3-5-14(12)22/h2-7,10-11,20H,8-9H2,1H3,(H,25,27)/b17-11-. The van der Waals surface area contributed by atoms with Crippen LogP contribution in [0.15, 0.2) is 47.4 Å². The van der Waals surface area contributed by atoms with Crippen LogP contribution in [0.4, 0.5) is 18.0 Å². The molecule has 0 saturated carbocycles. The summed E-state index contributed by atoms with van der Waals surface area (Å²) in [4.78, 5) is 37.9. The van der Waals surface area contributed by atoms with E-state index in [9.17, 15) is 27.6 Å². The van der Waals surface area contributed by atoms with Gasteiger partial charge in [-0.25, -0.2) is 4.39 Å². The lowest BCUT2D eigenvalue weighted by Gasteiger charge is -2.14. The summed E-state index contributed by atoms with van der Waals surface area (Å²) < 4.78 is 48.1. The number of methoxy groups -OCH3 is 1. The van der Waals surface area contributed by atoms with Crippen molar-refractivity contribution in [1.82, 2.24) is 10.2 Å².